The van der Waals surface area contributed by atoms with Gasteiger partial charge in [-0.15, -0.1) is 0 Å². The van der Waals surface area contributed by atoms with E-state index in [4.69, 9.17) is 0 Å². The summed E-state index contributed by atoms with van der Waals surface area (Å²) >= 11 is 0. The lowest BCUT2D eigenvalue weighted by atomic mass is 9.79. The van der Waals surface area contributed by atoms with E-state index in [1.165, 1.54) is 36.8 Å². The second-order valence-corrected chi connectivity index (χ2v) is 5.77. The second-order valence-electron chi connectivity index (χ2n) is 5.77. The van der Waals surface area contributed by atoms with Crippen LogP contribution in [-0.4, -0.2) is 11.1 Å². The van der Waals surface area contributed by atoms with Gasteiger partial charge in [0.1, 0.15) is 5.75 Å². The lowest BCUT2D eigenvalue weighted by molar-refractivity contribution is 0.215. The van der Waals surface area contributed by atoms with Crippen LogP contribution in [0.2, 0.25) is 0 Å². The van der Waals surface area contributed by atoms with E-state index in [1.54, 1.807) is 0 Å². The molecule has 2 N–H and O–H groups in total. The molecule has 1 unspecified atom stereocenters. The van der Waals surface area contributed by atoms with Gasteiger partial charge in [0.15, 0.2) is 0 Å². The number of benzene rings is 1. The van der Waals surface area contributed by atoms with Crippen molar-refractivity contribution in [1.29, 1.82) is 0 Å². The maximum atomic E-state index is 9.53. The van der Waals surface area contributed by atoms with Gasteiger partial charge in [-0.3, -0.25) is 0 Å². The molecule has 0 heterocycles. The van der Waals surface area contributed by atoms with Gasteiger partial charge < -0.3 is 10.4 Å². The highest BCUT2D eigenvalue weighted by Crippen LogP contribution is 2.35. The highest BCUT2D eigenvalue weighted by Gasteiger charge is 2.29. The number of nitrogens with one attached hydrogen (secondary N) is 1. The second kappa shape index (κ2) is 4.34. The van der Waals surface area contributed by atoms with E-state index >= 15 is 0 Å². The topological polar surface area (TPSA) is 32.3 Å². The van der Waals surface area contributed by atoms with E-state index in [-0.39, 0.29) is 0 Å². The van der Waals surface area contributed by atoms with E-state index in [2.05, 4.69) is 18.3 Å². The molecular formula is C15H21NO. The van der Waals surface area contributed by atoms with Gasteiger partial charge in [-0.1, -0.05) is 13.0 Å². The largest absolute Gasteiger partial charge is 0.508 e. The predicted octanol–water partition coefficient (Wildman–Crippen LogP) is 3.16. The minimum Gasteiger partial charge on any atom is -0.508 e. The Hall–Kier alpha value is -1.02. The standard InChI is InChI=1S/C15H21NO/c1-10-7-12(8-10)16-15-4-2-3-11-9-13(17)5-6-14(11)15/h5-6,9-10,12,15-17H,2-4,7-8H2,1H3. The lowest BCUT2D eigenvalue weighted by Crippen LogP contribution is -2.42. The Bertz CT molecular complexity index is 409. The fraction of sp³-hybridized carbons (Fsp3) is 0.600. The van der Waals surface area contributed by atoms with Crippen LogP contribution >= 0.6 is 0 Å². The molecule has 92 valence electrons. The third kappa shape index (κ3) is 2.19. The van der Waals surface area contributed by atoms with E-state index in [1.807, 2.05) is 12.1 Å². The molecule has 0 aliphatic heterocycles. The van der Waals surface area contributed by atoms with Crippen molar-refractivity contribution in [2.75, 3.05) is 0 Å². The summed E-state index contributed by atoms with van der Waals surface area (Å²) in [4.78, 5) is 0. The molecule has 0 aromatic heterocycles. The fourth-order valence-electron chi connectivity index (χ4n) is 3.30. The van der Waals surface area contributed by atoms with Gasteiger partial charge in [0.05, 0.1) is 0 Å². The maximum absolute atomic E-state index is 9.53. The summed E-state index contributed by atoms with van der Waals surface area (Å²) in [5.41, 5.74) is 2.75. The molecule has 1 fully saturated rings. The van der Waals surface area contributed by atoms with Gasteiger partial charge in [-0.05, 0) is 61.3 Å². The van der Waals surface area contributed by atoms with Crippen molar-refractivity contribution in [3.05, 3.63) is 29.3 Å². The van der Waals surface area contributed by atoms with Crippen LogP contribution < -0.4 is 5.32 Å². The molecule has 1 atom stereocenters. The Balaban J connectivity index is 1.75. The molecule has 0 amide bonds. The third-order valence-electron chi connectivity index (χ3n) is 4.25. The Morgan fingerprint density at radius 1 is 1.29 bits per heavy atom. The Kier molecular flexibility index (Phi) is 2.83. The zero-order valence-electron chi connectivity index (χ0n) is 10.4. The molecule has 2 aliphatic carbocycles. The number of hydrogen-bond donors (Lipinski definition) is 2. The molecule has 0 saturated heterocycles. The van der Waals surface area contributed by atoms with Crippen LogP contribution in [0.3, 0.4) is 0 Å². The van der Waals surface area contributed by atoms with E-state index in [9.17, 15) is 5.11 Å². The normalized spacial score (nSPS) is 31.7. The predicted molar refractivity (Wildman–Crippen MR) is 69.1 cm³/mol. The van der Waals surface area contributed by atoms with Gasteiger partial charge >= 0.3 is 0 Å². The van der Waals surface area contributed by atoms with Crippen molar-refractivity contribution < 1.29 is 5.11 Å². The Morgan fingerprint density at radius 2 is 2.12 bits per heavy atom. The third-order valence-corrected chi connectivity index (χ3v) is 4.25. The summed E-state index contributed by atoms with van der Waals surface area (Å²) in [6, 6.07) is 7.09. The van der Waals surface area contributed by atoms with Crippen molar-refractivity contribution in [2.24, 2.45) is 5.92 Å². The molecule has 0 bridgehead atoms. The van der Waals surface area contributed by atoms with Crippen LogP contribution in [0.1, 0.15) is 49.8 Å². The molecule has 0 radical (unpaired) electrons. The van der Waals surface area contributed by atoms with Crippen molar-refractivity contribution in [3.8, 4) is 5.75 Å². The summed E-state index contributed by atoms with van der Waals surface area (Å²) < 4.78 is 0. The fourth-order valence-corrected chi connectivity index (χ4v) is 3.30. The van der Waals surface area contributed by atoms with Gasteiger partial charge in [0.2, 0.25) is 0 Å². The van der Waals surface area contributed by atoms with Gasteiger partial charge in [-0.2, -0.15) is 0 Å². The van der Waals surface area contributed by atoms with Crippen LogP contribution in [0, 0.1) is 5.92 Å². The summed E-state index contributed by atoms with van der Waals surface area (Å²) in [7, 11) is 0. The molecule has 1 aromatic carbocycles. The van der Waals surface area contributed by atoms with Crippen molar-refractivity contribution in [1.82, 2.24) is 5.32 Å². The highest BCUT2D eigenvalue weighted by atomic mass is 16.3. The first-order valence-electron chi connectivity index (χ1n) is 6.80. The summed E-state index contributed by atoms with van der Waals surface area (Å²) in [6.07, 6.45) is 6.23. The number of rotatable bonds is 2. The van der Waals surface area contributed by atoms with Crippen LogP contribution in [0.5, 0.6) is 5.75 Å². The Labute approximate surface area is 103 Å². The number of aryl methyl sites for hydroxylation is 1. The number of aromatic hydroxyl groups is 1. The molecule has 2 nitrogen and oxygen atoms in total. The first-order chi connectivity index (χ1) is 8.22. The molecule has 2 heteroatoms. The summed E-state index contributed by atoms with van der Waals surface area (Å²) in [6.45, 7) is 2.32. The first-order valence-corrected chi connectivity index (χ1v) is 6.80. The molecule has 3 rings (SSSR count). The summed E-state index contributed by atoms with van der Waals surface area (Å²) in [5.74, 6) is 1.30. The molecule has 1 aromatic rings. The molecular weight excluding hydrogens is 210 g/mol. The average molecular weight is 231 g/mol. The zero-order valence-corrected chi connectivity index (χ0v) is 10.4. The molecule has 2 aliphatic rings. The van der Waals surface area contributed by atoms with Crippen molar-refractivity contribution in [2.45, 2.75) is 51.1 Å². The van der Waals surface area contributed by atoms with Crippen LogP contribution in [0.25, 0.3) is 0 Å². The quantitative estimate of drug-likeness (QED) is 0.819. The van der Waals surface area contributed by atoms with Gasteiger partial charge in [0.25, 0.3) is 0 Å². The average Bonchev–Trinajstić information content (AvgIpc) is 2.27. The van der Waals surface area contributed by atoms with Crippen molar-refractivity contribution >= 4 is 0 Å². The number of phenols is 1. The first kappa shape index (κ1) is 11.1. The zero-order chi connectivity index (χ0) is 11.8. The molecule has 0 spiro atoms. The SMILES string of the molecule is CC1CC(NC2CCCc3cc(O)ccc32)C1. The smallest absolute Gasteiger partial charge is 0.115 e. The lowest BCUT2D eigenvalue weighted by Gasteiger charge is -2.38. The van der Waals surface area contributed by atoms with Crippen molar-refractivity contribution in [3.63, 3.8) is 0 Å². The number of hydrogen-bond acceptors (Lipinski definition) is 2. The van der Waals surface area contributed by atoms with Gasteiger partial charge in [-0.25, -0.2) is 0 Å². The number of fused-ring (bicyclic) bond motifs is 1. The van der Waals surface area contributed by atoms with E-state index < -0.39 is 0 Å². The minimum absolute atomic E-state index is 0.404. The van der Waals surface area contributed by atoms with Gasteiger partial charge in [0, 0.05) is 12.1 Å². The van der Waals surface area contributed by atoms with E-state index in [0.29, 0.717) is 11.8 Å². The molecule has 1 saturated carbocycles. The molecule has 17 heavy (non-hydrogen) atoms. The van der Waals surface area contributed by atoms with Crippen LogP contribution in [-0.2, 0) is 6.42 Å². The van der Waals surface area contributed by atoms with Crippen LogP contribution in [0.15, 0.2) is 18.2 Å². The maximum Gasteiger partial charge on any atom is 0.115 e. The van der Waals surface area contributed by atoms with Crippen LogP contribution in [0.4, 0.5) is 0 Å². The number of phenolic OH excluding ortho intramolecular Hbond substituents is 1. The Morgan fingerprint density at radius 3 is 2.88 bits per heavy atom. The highest BCUT2D eigenvalue weighted by molar-refractivity contribution is 5.38. The van der Waals surface area contributed by atoms with E-state index in [0.717, 1.165) is 18.4 Å². The minimum atomic E-state index is 0.404. The summed E-state index contributed by atoms with van der Waals surface area (Å²) in [5, 5.41) is 13.3. The monoisotopic (exact) mass is 231 g/mol.